The maximum atomic E-state index is 13.8. The molecule has 6 rings (SSSR count). The van der Waals surface area contributed by atoms with Crippen molar-refractivity contribution in [3.8, 4) is 33.6 Å². The zero-order chi connectivity index (χ0) is 21.5. The van der Waals surface area contributed by atoms with E-state index in [-0.39, 0.29) is 5.43 Å². The topological polar surface area (TPSA) is 58.9 Å². The van der Waals surface area contributed by atoms with Crippen LogP contribution < -0.4 is 5.43 Å². The minimum absolute atomic E-state index is 0.0214. The van der Waals surface area contributed by atoms with Gasteiger partial charge in [-0.05, 0) is 36.0 Å². The first-order valence-electron chi connectivity index (χ1n) is 11.0. The number of nitrogens with zero attached hydrogens (tertiary/aromatic N) is 1. The monoisotopic (exact) mass is 418 g/mol. The Kier molecular flexibility index (Phi) is 4.50. The summed E-state index contributed by atoms with van der Waals surface area (Å²) < 4.78 is 6.54. The van der Waals surface area contributed by atoms with Crippen molar-refractivity contribution in [3.63, 3.8) is 0 Å². The van der Waals surface area contributed by atoms with E-state index in [4.69, 9.17) is 4.42 Å². The van der Waals surface area contributed by atoms with Crippen LogP contribution in [-0.2, 0) is 0 Å². The van der Waals surface area contributed by atoms with E-state index in [2.05, 4.69) is 34.5 Å². The molecule has 4 nitrogen and oxygen atoms in total. The molecule has 0 atom stereocenters. The van der Waals surface area contributed by atoms with E-state index in [1.54, 1.807) is 6.20 Å². The van der Waals surface area contributed by atoms with Gasteiger partial charge < -0.3 is 4.42 Å². The summed E-state index contributed by atoms with van der Waals surface area (Å²) >= 11 is 0. The quantitative estimate of drug-likeness (QED) is 0.350. The average molecular weight is 418 g/mol. The summed E-state index contributed by atoms with van der Waals surface area (Å²) in [5.41, 5.74) is 6.01. The summed E-state index contributed by atoms with van der Waals surface area (Å²) in [5, 5.41) is 7.48. The number of hydrogen-bond acceptors (Lipinski definition) is 3. The minimum atomic E-state index is -0.0214. The number of hydrogen-bond donors (Lipinski definition) is 1. The van der Waals surface area contributed by atoms with E-state index in [9.17, 15) is 4.79 Å². The lowest BCUT2D eigenvalue weighted by atomic mass is 9.80. The molecule has 1 saturated carbocycles. The van der Waals surface area contributed by atoms with Crippen LogP contribution in [0.4, 0.5) is 0 Å². The van der Waals surface area contributed by atoms with E-state index in [0.29, 0.717) is 28.2 Å². The Labute approximate surface area is 185 Å². The SMILES string of the molecule is O=c1c(-c2ccc(C3CCC3)cc2)c(-c2ccccc2)oc2c(-c3cn[nH]c3)cccc12. The Morgan fingerprint density at radius 3 is 2.34 bits per heavy atom. The van der Waals surface area contributed by atoms with Crippen LogP contribution in [0.1, 0.15) is 30.7 Å². The van der Waals surface area contributed by atoms with E-state index in [0.717, 1.165) is 22.3 Å². The Bertz CT molecular complexity index is 1450. The summed E-state index contributed by atoms with van der Waals surface area (Å²) in [4.78, 5) is 13.8. The van der Waals surface area contributed by atoms with Crippen LogP contribution in [0.15, 0.2) is 94.4 Å². The molecule has 0 aliphatic heterocycles. The number of nitrogens with one attached hydrogen (secondary N) is 1. The lowest BCUT2D eigenvalue weighted by Crippen LogP contribution is -2.10. The highest BCUT2D eigenvalue weighted by Gasteiger charge is 2.22. The van der Waals surface area contributed by atoms with Crippen molar-refractivity contribution < 1.29 is 4.42 Å². The molecule has 2 aromatic heterocycles. The van der Waals surface area contributed by atoms with Crippen molar-refractivity contribution in [2.75, 3.05) is 0 Å². The number of rotatable bonds is 4. The fourth-order valence-corrected chi connectivity index (χ4v) is 4.56. The molecule has 0 amide bonds. The molecule has 0 spiro atoms. The van der Waals surface area contributed by atoms with Gasteiger partial charge in [0.05, 0.1) is 17.1 Å². The first-order chi connectivity index (χ1) is 15.8. The highest BCUT2D eigenvalue weighted by atomic mass is 16.3. The first kappa shape index (κ1) is 18.8. The third kappa shape index (κ3) is 3.07. The fourth-order valence-electron chi connectivity index (χ4n) is 4.56. The van der Waals surface area contributed by atoms with Crippen molar-refractivity contribution in [1.29, 1.82) is 0 Å². The van der Waals surface area contributed by atoms with Crippen LogP contribution in [0, 0.1) is 0 Å². The van der Waals surface area contributed by atoms with Gasteiger partial charge in [-0.3, -0.25) is 9.89 Å². The van der Waals surface area contributed by atoms with Crippen molar-refractivity contribution in [1.82, 2.24) is 10.2 Å². The lowest BCUT2D eigenvalue weighted by Gasteiger charge is -2.25. The number of para-hydroxylation sites is 1. The predicted molar refractivity (Wildman–Crippen MR) is 128 cm³/mol. The molecule has 4 heteroatoms. The van der Waals surface area contributed by atoms with Gasteiger partial charge in [-0.25, -0.2) is 0 Å². The number of H-pyrrole nitrogens is 1. The average Bonchev–Trinajstić information content (AvgIpc) is 3.34. The van der Waals surface area contributed by atoms with E-state index < -0.39 is 0 Å². The number of aromatic nitrogens is 2. The number of aromatic amines is 1. The highest BCUT2D eigenvalue weighted by Crippen LogP contribution is 2.39. The fraction of sp³-hybridized carbons (Fsp3) is 0.143. The van der Waals surface area contributed by atoms with Crippen molar-refractivity contribution in [3.05, 3.63) is 101 Å². The molecular formula is C28H22N2O2. The molecule has 0 unspecified atom stereocenters. The minimum Gasteiger partial charge on any atom is -0.454 e. The molecule has 5 aromatic rings. The zero-order valence-electron chi connectivity index (χ0n) is 17.5. The van der Waals surface area contributed by atoms with Gasteiger partial charge >= 0.3 is 0 Å². The molecule has 1 fully saturated rings. The Morgan fingerprint density at radius 2 is 1.66 bits per heavy atom. The third-order valence-electron chi connectivity index (χ3n) is 6.54. The molecule has 0 saturated heterocycles. The molecule has 1 aliphatic carbocycles. The summed E-state index contributed by atoms with van der Waals surface area (Å²) in [7, 11) is 0. The molecule has 3 aromatic carbocycles. The van der Waals surface area contributed by atoms with Gasteiger partial charge in [-0.15, -0.1) is 0 Å². The standard InChI is InChI=1S/C28H22N2O2/c31-26-24-11-5-10-23(22-16-29-30-17-22)28(24)32-27(21-6-2-1-3-7-21)25(26)20-14-12-19(13-15-20)18-8-4-9-18/h1-3,5-7,10-18H,4,8-9H2,(H,29,30). The van der Waals surface area contributed by atoms with E-state index in [1.807, 2.05) is 54.7 Å². The normalized spacial score (nSPS) is 13.9. The Hall–Kier alpha value is -3.92. The maximum Gasteiger partial charge on any atom is 0.201 e. The number of benzene rings is 3. The van der Waals surface area contributed by atoms with Gasteiger partial charge in [-0.2, -0.15) is 5.10 Å². The third-order valence-corrected chi connectivity index (χ3v) is 6.54. The van der Waals surface area contributed by atoms with Gasteiger partial charge in [0.1, 0.15) is 11.3 Å². The van der Waals surface area contributed by atoms with Crippen LogP contribution in [0.5, 0.6) is 0 Å². The van der Waals surface area contributed by atoms with Crippen LogP contribution in [0.2, 0.25) is 0 Å². The smallest absolute Gasteiger partial charge is 0.201 e. The Morgan fingerprint density at radius 1 is 0.844 bits per heavy atom. The van der Waals surface area contributed by atoms with Gasteiger partial charge in [0.25, 0.3) is 0 Å². The van der Waals surface area contributed by atoms with E-state index >= 15 is 0 Å². The molecule has 0 bridgehead atoms. The summed E-state index contributed by atoms with van der Waals surface area (Å²) in [6.07, 6.45) is 7.36. The first-order valence-corrected chi connectivity index (χ1v) is 11.0. The summed E-state index contributed by atoms with van der Waals surface area (Å²) in [6.45, 7) is 0. The Balaban J connectivity index is 1.62. The van der Waals surface area contributed by atoms with Gasteiger partial charge in [-0.1, -0.05) is 73.2 Å². The number of fused-ring (bicyclic) bond motifs is 1. The molecule has 32 heavy (non-hydrogen) atoms. The lowest BCUT2D eigenvalue weighted by molar-refractivity contribution is 0.420. The van der Waals surface area contributed by atoms with Crippen molar-refractivity contribution >= 4 is 11.0 Å². The van der Waals surface area contributed by atoms with Crippen LogP contribution in [0.25, 0.3) is 44.5 Å². The van der Waals surface area contributed by atoms with Crippen LogP contribution in [-0.4, -0.2) is 10.2 Å². The predicted octanol–water partition coefficient (Wildman–Crippen LogP) is 6.78. The molecule has 0 radical (unpaired) electrons. The molecule has 2 heterocycles. The van der Waals surface area contributed by atoms with Gasteiger partial charge in [0, 0.05) is 22.9 Å². The zero-order valence-corrected chi connectivity index (χ0v) is 17.5. The largest absolute Gasteiger partial charge is 0.454 e. The molecule has 1 aliphatic rings. The van der Waals surface area contributed by atoms with Gasteiger partial charge in [0.2, 0.25) is 5.43 Å². The second kappa shape index (κ2) is 7.65. The van der Waals surface area contributed by atoms with Crippen LogP contribution >= 0.6 is 0 Å². The highest BCUT2D eigenvalue weighted by molar-refractivity contribution is 5.96. The van der Waals surface area contributed by atoms with E-state index in [1.165, 1.54) is 24.8 Å². The molecular weight excluding hydrogens is 396 g/mol. The second-order valence-electron chi connectivity index (χ2n) is 8.42. The van der Waals surface area contributed by atoms with Crippen molar-refractivity contribution in [2.24, 2.45) is 0 Å². The van der Waals surface area contributed by atoms with Gasteiger partial charge in [0.15, 0.2) is 0 Å². The molecule has 156 valence electrons. The maximum absolute atomic E-state index is 13.8. The molecule has 1 N–H and O–H groups in total. The second-order valence-corrected chi connectivity index (χ2v) is 8.42. The van der Waals surface area contributed by atoms with Crippen molar-refractivity contribution in [2.45, 2.75) is 25.2 Å². The van der Waals surface area contributed by atoms with Crippen LogP contribution in [0.3, 0.4) is 0 Å². The summed E-state index contributed by atoms with van der Waals surface area (Å²) in [6, 6.07) is 24.0. The summed E-state index contributed by atoms with van der Waals surface area (Å²) in [5.74, 6) is 1.25.